The molecule has 5 heterocycles. The fourth-order valence-electron chi connectivity index (χ4n) is 4.15. The molecule has 3 aromatic heterocycles. The third-order valence-corrected chi connectivity index (χ3v) is 5.85. The van der Waals surface area contributed by atoms with E-state index in [1.165, 1.54) is 24.8 Å². The van der Waals surface area contributed by atoms with Gasteiger partial charge in [-0.05, 0) is 49.9 Å². The number of aromatic nitrogens is 3. The number of fused-ring (bicyclic) bond motifs is 1. The molecule has 1 N–H and O–H groups in total. The van der Waals surface area contributed by atoms with Gasteiger partial charge in [0, 0.05) is 32.1 Å². The van der Waals surface area contributed by atoms with E-state index < -0.39 is 12.1 Å². The Labute approximate surface area is 192 Å². The first-order chi connectivity index (χ1) is 16.2. The minimum absolute atomic E-state index is 0.0511. The monoisotopic (exact) mass is 479 g/mol. The Balaban J connectivity index is 0.000000344. The molecule has 0 saturated carbocycles. The highest BCUT2D eigenvalue weighted by atomic mass is 19.4. The van der Waals surface area contributed by atoms with Crippen LogP contribution in [-0.4, -0.2) is 68.8 Å². The molecule has 9 nitrogen and oxygen atoms in total. The lowest BCUT2D eigenvalue weighted by Gasteiger charge is -2.30. The van der Waals surface area contributed by atoms with Crippen molar-refractivity contribution < 1.29 is 32.3 Å². The van der Waals surface area contributed by atoms with Crippen LogP contribution in [0, 0.1) is 0 Å². The number of carbonyl (C=O) groups excluding carboxylic acids is 1. The van der Waals surface area contributed by atoms with Gasteiger partial charge in [0.2, 0.25) is 0 Å². The van der Waals surface area contributed by atoms with Crippen LogP contribution in [-0.2, 0) is 4.79 Å². The third-order valence-electron chi connectivity index (χ3n) is 5.85. The Morgan fingerprint density at radius 2 is 1.82 bits per heavy atom. The summed E-state index contributed by atoms with van der Waals surface area (Å²) in [6.07, 6.45) is 2.98. The number of nitrogens with zero attached hydrogens (tertiary/aromatic N) is 5. The molecular weight excluding hydrogens is 455 g/mol. The summed E-state index contributed by atoms with van der Waals surface area (Å²) >= 11 is 0. The zero-order valence-electron chi connectivity index (χ0n) is 18.2. The van der Waals surface area contributed by atoms with Crippen LogP contribution in [0.2, 0.25) is 0 Å². The summed E-state index contributed by atoms with van der Waals surface area (Å²) in [4.78, 5) is 30.5. The fraction of sp³-hybridized carbons (Fsp3) is 0.455. The maximum atomic E-state index is 12.6. The molecule has 0 bridgehead atoms. The number of piperidine rings is 1. The normalized spacial score (nSPS) is 18.6. The number of anilines is 1. The summed E-state index contributed by atoms with van der Waals surface area (Å²) in [5.74, 6) is -1.43. The largest absolute Gasteiger partial charge is 0.490 e. The van der Waals surface area contributed by atoms with Crippen molar-refractivity contribution in [1.82, 2.24) is 19.5 Å². The van der Waals surface area contributed by atoms with Crippen LogP contribution >= 0.6 is 0 Å². The van der Waals surface area contributed by atoms with E-state index >= 15 is 0 Å². The maximum Gasteiger partial charge on any atom is 0.490 e. The molecule has 2 saturated heterocycles. The molecule has 1 unspecified atom stereocenters. The highest BCUT2D eigenvalue weighted by Crippen LogP contribution is 2.27. The molecule has 3 aromatic rings. The number of carboxylic acid groups (broad SMARTS) is 1. The molecule has 0 spiro atoms. The Morgan fingerprint density at radius 3 is 2.47 bits per heavy atom. The number of hydrogen-bond donors (Lipinski definition) is 1. The summed E-state index contributed by atoms with van der Waals surface area (Å²) < 4.78 is 38.9. The zero-order chi connectivity index (χ0) is 24.3. The van der Waals surface area contributed by atoms with Crippen LogP contribution in [0.5, 0.6) is 0 Å². The van der Waals surface area contributed by atoms with E-state index in [2.05, 4.69) is 17.2 Å². The number of pyridine rings is 1. The van der Waals surface area contributed by atoms with Gasteiger partial charge in [-0.2, -0.15) is 18.3 Å². The maximum absolute atomic E-state index is 12.6. The standard InChI is InChI=1S/C20H23N5O2.C2HF3O2/c26-20(17-6-4-12-27-17)24-11-3-5-15(13-24)19-21-18-8-7-16(14-25(18)22-19)23-9-1-2-10-23;3-2(4,5)1(6)7/h4,6-8,12,14-15H,1-3,5,9-11,13H2;(H,6,7). The zero-order valence-corrected chi connectivity index (χ0v) is 18.2. The average Bonchev–Trinajstić information content (AvgIpc) is 3.59. The first-order valence-electron chi connectivity index (χ1n) is 11.0. The predicted molar refractivity (Wildman–Crippen MR) is 115 cm³/mol. The minimum atomic E-state index is -5.08. The predicted octanol–water partition coefficient (Wildman–Crippen LogP) is 3.58. The van der Waals surface area contributed by atoms with Crippen molar-refractivity contribution in [3.63, 3.8) is 0 Å². The van der Waals surface area contributed by atoms with E-state index in [0.29, 0.717) is 12.3 Å². The summed E-state index contributed by atoms with van der Waals surface area (Å²) in [6.45, 7) is 3.61. The fourth-order valence-corrected chi connectivity index (χ4v) is 4.15. The SMILES string of the molecule is O=C(O)C(F)(F)F.O=C(c1ccco1)N1CCCC(c2nc3ccc(N4CCCC4)cn3n2)C1. The lowest BCUT2D eigenvalue weighted by atomic mass is 9.97. The molecule has 1 atom stereocenters. The molecule has 2 fully saturated rings. The smallest absolute Gasteiger partial charge is 0.475 e. The van der Waals surface area contributed by atoms with Crippen LogP contribution in [0.1, 0.15) is 48.0 Å². The number of carboxylic acids is 1. The molecule has 0 radical (unpaired) electrons. The molecule has 182 valence electrons. The van der Waals surface area contributed by atoms with E-state index in [1.54, 1.807) is 12.1 Å². The third kappa shape index (κ3) is 5.32. The van der Waals surface area contributed by atoms with Gasteiger partial charge in [0.05, 0.1) is 18.1 Å². The number of alkyl halides is 3. The van der Waals surface area contributed by atoms with Crippen LogP contribution in [0.4, 0.5) is 18.9 Å². The number of likely N-dealkylation sites (tertiary alicyclic amines) is 1. The molecule has 2 aliphatic rings. The number of halogens is 3. The van der Waals surface area contributed by atoms with Gasteiger partial charge in [0.15, 0.2) is 17.2 Å². The van der Waals surface area contributed by atoms with Crippen LogP contribution in [0.15, 0.2) is 41.1 Å². The number of carbonyl (C=O) groups is 2. The van der Waals surface area contributed by atoms with Crippen molar-refractivity contribution in [3.05, 3.63) is 48.3 Å². The van der Waals surface area contributed by atoms with Gasteiger partial charge in [-0.1, -0.05) is 0 Å². The first-order valence-corrected chi connectivity index (χ1v) is 11.0. The number of rotatable bonds is 3. The van der Waals surface area contributed by atoms with Crippen molar-refractivity contribution in [2.45, 2.75) is 37.8 Å². The highest BCUT2D eigenvalue weighted by Gasteiger charge is 2.38. The van der Waals surface area contributed by atoms with Gasteiger partial charge in [0.1, 0.15) is 0 Å². The Kier molecular flexibility index (Phi) is 6.75. The Morgan fingerprint density at radius 1 is 1.09 bits per heavy atom. The Hall–Kier alpha value is -3.57. The number of amides is 1. The van der Waals surface area contributed by atoms with Gasteiger partial charge in [-0.3, -0.25) is 4.79 Å². The summed E-state index contributed by atoms with van der Waals surface area (Å²) in [5, 5.41) is 11.9. The van der Waals surface area contributed by atoms with Crippen molar-refractivity contribution in [3.8, 4) is 0 Å². The van der Waals surface area contributed by atoms with Crippen LogP contribution in [0.3, 0.4) is 0 Å². The van der Waals surface area contributed by atoms with E-state index in [0.717, 1.165) is 43.9 Å². The molecule has 12 heteroatoms. The minimum Gasteiger partial charge on any atom is -0.475 e. The van der Waals surface area contributed by atoms with Gasteiger partial charge in [0.25, 0.3) is 5.91 Å². The molecule has 34 heavy (non-hydrogen) atoms. The number of aliphatic carboxylic acids is 1. The summed E-state index contributed by atoms with van der Waals surface area (Å²) in [5.41, 5.74) is 2.07. The van der Waals surface area contributed by atoms with Gasteiger partial charge in [-0.15, -0.1) is 0 Å². The highest BCUT2D eigenvalue weighted by molar-refractivity contribution is 5.91. The summed E-state index contributed by atoms with van der Waals surface area (Å²) in [7, 11) is 0. The summed E-state index contributed by atoms with van der Waals surface area (Å²) in [6, 6.07) is 7.64. The van der Waals surface area contributed by atoms with Crippen molar-refractivity contribution >= 4 is 23.2 Å². The van der Waals surface area contributed by atoms with Crippen molar-refractivity contribution in [2.75, 3.05) is 31.1 Å². The molecule has 0 aromatic carbocycles. The lowest BCUT2D eigenvalue weighted by Crippen LogP contribution is -2.39. The first kappa shape index (κ1) is 23.6. The molecule has 1 amide bonds. The second-order valence-corrected chi connectivity index (χ2v) is 8.22. The van der Waals surface area contributed by atoms with Crippen LogP contribution < -0.4 is 4.90 Å². The lowest BCUT2D eigenvalue weighted by molar-refractivity contribution is -0.192. The molecule has 2 aliphatic heterocycles. The van der Waals surface area contributed by atoms with E-state index in [1.807, 2.05) is 15.5 Å². The number of hydrogen-bond acceptors (Lipinski definition) is 6. The van der Waals surface area contributed by atoms with Gasteiger partial charge >= 0.3 is 12.1 Å². The van der Waals surface area contributed by atoms with Crippen molar-refractivity contribution in [2.24, 2.45) is 0 Å². The van der Waals surface area contributed by atoms with E-state index in [4.69, 9.17) is 24.4 Å². The average molecular weight is 479 g/mol. The topological polar surface area (TPSA) is 104 Å². The number of furan rings is 1. The van der Waals surface area contributed by atoms with Crippen molar-refractivity contribution in [1.29, 1.82) is 0 Å². The molecular formula is C22H24F3N5O4. The van der Waals surface area contributed by atoms with Gasteiger partial charge < -0.3 is 19.3 Å². The van der Waals surface area contributed by atoms with E-state index in [9.17, 15) is 18.0 Å². The van der Waals surface area contributed by atoms with Gasteiger partial charge in [-0.25, -0.2) is 14.3 Å². The second kappa shape index (κ2) is 9.74. The Bertz CT molecular complexity index is 1140. The quantitative estimate of drug-likeness (QED) is 0.612. The van der Waals surface area contributed by atoms with E-state index in [-0.39, 0.29) is 11.8 Å². The van der Waals surface area contributed by atoms with Crippen LogP contribution in [0.25, 0.3) is 5.65 Å². The molecule has 5 rings (SSSR count). The molecule has 0 aliphatic carbocycles. The second-order valence-electron chi connectivity index (χ2n) is 8.22.